The Morgan fingerprint density at radius 3 is 2.77 bits per heavy atom. The molecule has 0 radical (unpaired) electrons. The fourth-order valence-electron chi connectivity index (χ4n) is 0.996. The Morgan fingerprint density at radius 2 is 2.31 bits per heavy atom. The fraction of sp³-hybridized carbons (Fsp3) is 0.222. The zero-order valence-corrected chi connectivity index (χ0v) is 8.45. The lowest BCUT2D eigenvalue weighted by Crippen LogP contribution is -2.14. The normalized spacial score (nSPS) is 12.2. The van der Waals surface area contributed by atoms with E-state index in [4.69, 9.17) is 16.1 Å². The number of hydrogen-bond donors (Lipinski definition) is 2. The molecule has 1 rings (SSSR count). The Morgan fingerprint density at radius 1 is 1.62 bits per heavy atom. The molecule has 3 nitrogen and oxygen atoms in total. The number of halogens is 1. The summed E-state index contributed by atoms with van der Waals surface area (Å²) in [6.45, 7) is -0.107. The van der Waals surface area contributed by atoms with Crippen molar-refractivity contribution >= 4 is 15.9 Å². The monoisotopic (exact) mass is 240 g/mol. The summed E-state index contributed by atoms with van der Waals surface area (Å²) in [7, 11) is 0. The molecule has 0 aliphatic rings. The number of nitriles is 1. The molecule has 0 unspecified atom stereocenters. The van der Waals surface area contributed by atoms with Crippen molar-refractivity contribution in [2.24, 2.45) is 5.73 Å². The number of aliphatic hydroxyl groups excluding tert-OH is 1. The third-order valence-corrected chi connectivity index (χ3v) is 2.41. The van der Waals surface area contributed by atoms with Crippen molar-refractivity contribution < 1.29 is 5.11 Å². The van der Waals surface area contributed by atoms with Crippen molar-refractivity contribution in [2.45, 2.75) is 6.04 Å². The van der Waals surface area contributed by atoms with Crippen LogP contribution >= 0.6 is 15.9 Å². The first-order chi connectivity index (χ1) is 6.19. The van der Waals surface area contributed by atoms with Crippen LogP contribution in [-0.2, 0) is 0 Å². The smallest absolute Gasteiger partial charge is 0.0992 e. The van der Waals surface area contributed by atoms with Crippen LogP contribution in [-0.4, -0.2) is 11.7 Å². The zero-order valence-electron chi connectivity index (χ0n) is 6.87. The van der Waals surface area contributed by atoms with E-state index >= 15 is 0 Å². The van der Waals surface area contributed by atoms with E-state index < -0.39 is 6.04 Å². The van der Waals surface area contributed by atoms with Crippen LogP contribution in [0, 0.1) is 11.3 Å². The highest BCUT2D eigenvalue weighted by atomic mass is 79.9. The van der Waals surface area contributed by atoms with Gasteiger partial charge in [-0.1, -0.05) is 22.0 Å². The molecule has 0 fully saturated rings. The standard InChI is InChI=1S/C9H9BrN2O/c10-8-3-6(4-11)1-2-7(8)9(12)5-13/h1-3,9,13H,5,12H2/t9-/m1/s1. The Kier molecular flexibility index (Phi) is 3.43. The van der Waals surface area contributed by atoms with Gasteiger partial charge in [-0.25, -0.2) is 0 Å². The molecule has 0 bridgehead atoms. The number of rotatable bonds is 2. The minimum Gasteiger partial charge on any atom is -0.394 e. The predicted octanol–water partition coefficient (Wildman–Crippen LogP) is 1.31. The molecule has 68 valence electrons. The number of aliphatic hydroxyl groups is 1. The van der Waals surface area contributed by atoms with Gasteiger partial charge in [0.1, 0.15) is 0 Å². The summed E-state index contributed by atoms with van der Waals surface area (Å²) < 4.78 is 0.758. The van der Waals surface area contributed by atoms with Crippen LogP contribution in [0.1, 0.15) is 17.2 Å². The van der Waals surface area contributed by atoms with Gasteiger partial charge < -0.3 is 10.8 Å². The summed E-state index contributed by atoms with van der Waals surface area (Å²) in [5, 5.41) is 17.4. The lowest BCUT2D eigenvalue weighted by molar-refractivity contribution is 0.267. The first-order valence-corrected chi connectivity index (χ1v) is 4.54. The zero-order chi connectivity index (χ0) is 9.84. The first kappa shape index (κ1) is 10.2. The molecule has 0 aliphatic heterocycles. The van der Waals surface area contributed by atoms with Crippen LogP contribution in [0.15, 0.2) is 22.7 Å². The summed E-state index contributed by atoms with van der Waals surface area (Å²) in [5.41, 5.74) is 7.00. The van der Waals surface area contributed by atoms with E-state index in [0.29, 0.717) is 5.56 Å². The van der Waals surface area contributed by atoms with Crippen LogP contribution in [0.3, 0.4) is 0 Å². The Labute approximate surface area is 84.9 Å². The molecule has 13 heavy (non-hydrogen) atoms. The Hall–Kier alpha value is -0.890. The quantitative estimate of drug-likeness (QED) is 0.820. The SMILES string of the molecule is N#Cc1ccc([C@H](N)CO)c(Br)c1. The van der Waals surface area contributed by atoms with Gasteiger partial charge in [-0.05, 0) is 17.7 Å². The highest BCUT2D eigenvalue weighted by molar-refractivity contribution is 9.10. The molecule has 0 aromatic heterocycles. The van der Waals surface area contributed by atoms with Crippen LogP contribution in [0.5, 0.6) is 0 Å². The van der Waals surface area contributed by atoms with Crippen LogP contribution in [0.2, 0.25) is 0 Å². The molecular formula is C9H9BrN2O. The second-order valence-electron chi connectivity index (χ2n) is 2.64. The maximum Gasteiger partial charge on any atom is 0.0992 e. The molecule has 0 heterocycles. The van der Waals surface area contributed by atoms with Gasteiger partial charge in [0.05, 0.1) is 24.3 Å². The lowest BCUT2D eigenvalue weighted by Gasteiger charge is -2.10. The largest absolute Gasteiger partial charge is 0.394 e. The van der Waals surface area contributed by atoms with Gasteiger partial charge in [-0.2, -0.15) is 5.26 Å². The van der Waals surface area contributed by atoms with Gasteiger partial charge in [0.15, 0.2) is 0 Å². The second kappa shape index (κ2) is 4.38. The van der Waals surface area contributed by atoms with E-state index in [1.807, 2.05) is 6.07 Å². The van der Waals surface area contributed by atoms with E-state index in [9.17, 15) is 0 Å². The minimum atomic E-state index is -0.401. The third kappa shape index (κ3) is 2.28. The van der Waals surface area contributed by atoms with Crippen molar-refractivity contribution in [1.29, 1.82) is 5.26 Å². The highest BCUT2D eigenvalue weighted by Gasteiger charge is 2.08. The second-order valence-corrected chi connectivity index (χ2v) is 3.49. The van der Waals surface area contributed by atoms with Crippen molar-refractivity contribution in [2.75, 3.05) is 6.61 Å². The van der Waals surface area contributed by atoms with Gasteiger partial charge in [0, 0.05) is 4.47 Å². The molecule has 1 aromatic rings. The van der Waals surface area contributed by atoms with Crippen molar-refractivity contribution in [3.05, 3.63) is 33.8 Å². The van der Waals surface area contributed by atoms with E-state index in [-0.39, 0.29) is 6.61 Å². The number of hydrogen-bond acceptors (Lipinski definition) is 3. The molecule has 0 aliphatic carbocycles. The number of benzene rings is 1. The molecule has 0 spiro atoms. The summed E-state index contributed by atoms with van der Waals surface area (Å²) in [6, 6.07) is 6.72. The third-order valence-electron chi connectivity index (χ3n) is 1.73. The highest BCUT2D eigenvalue weighted by Crippen LogP contribution is 2.22. The Balaban J connectivity index is 3.07. The van der Waals surface area contributed by atoms with Crippen LogP contribution < -0.4 is 5.73 Å². The van der Waals surface area contributed by atoms with Crippen LogP contribution in [0.4, 0.5) is 0 Å². The average Bonchev–Trinajstić information content (AvgIpc) is 2.16. The van der Waals surface area contributed by atoms with Gasteiger partial charge in [0.25, 0.3) is 0 Å². The van der Waals surface area contributed by atoms with Crippen LogP contribution in [0.25, 0.3) is 0 Å². The molecule has 3 N–H and O–H groups in total. The summed E-state index contributed by atoms with van der Waals surface area (Å²) in [6.07, 6.45) is 0. The summed E-state index contributed by atoms with van der Waals surface area (Å²) in [4.78, 5) is 0. The lowest BCUT2D eigenvalue weighted by atomic mass is 10.1. The minimum absolute atomic E-state index is 0.107. The predicted molar refractivity (Wildman–Crippen MR) is 52.9 cm³/mol. The topological polar surface area (TPSA) is 70.0 Å². The molecule has 1 atom stereocenters. The molecule has 4 heteroatoms. The maximum atomic E-state index is 8.83. The number of nitrogens with two attached hydrogens (primary N) is 1. The molecule has 0 saturated heterocycles. The Bertz CT molecular complexity index is 346. The van der Waals surface area contributed by atoms with Crippen molar-refractivity contribution in [3.8, 4) is 6.07 Å². The van der Waals surface area contributed by atoms with Gasteiger partial charge in [-0.15, -0.1) is 0 Å². The summed E-state index contributed by atoms with van der Waals surface area (Å²) >= 11 is 3.29. The van der Waals surface area contributed by atoms with Gasteiger partial charge in [-0.3, -0.25) is 0 Å². The molecular weight excluding hydrogens is 232 g/mol. The van der Waals surface area contributed by atoms with E-state index in [1.54, 1.807) is 18.2 Å². The fourth-order valence-corrected chi connectivity index (χ4v) is 1.67. The van der Waals surface area contributed by atoms with Gasteiger partial charge in [0.2, 0.25) is 0 Å². The summed E-state index contributed by atoms with van der Waals surface area (Å²) in [5.74, 6) is 0. The average molecular weight is 241 g/mol. The van der Waals surface area contributed by atoms with E-state index in [0.717, 1.165) is 10.0 Å². The van der Waals surface area contributed by atoms with Crippen molar-refractivity contribution in [3.63, 3.8) is 0 Å². The molecule has 1 aromatic carbocycles. The van der Waals surface area contributed by atoms with Crippen molar-refractivity contribution in [1.82, 2.24) is 0 Å². The maximum absolute atomic E-state index is 8.83. The van der Waals surface area contributed by atoms with E-state index in [2.05, 4.69) is 15.9 Å². The number of nitrogens with zero attached hydrogens (tertiary/aromatic N) is 1. The van der Waals surface area contributed by atoms with Gasteiger partial charge >= 0.3 is 0 Å². The van der Waals surface area contributed by atoms with E-state index in [1.165, 1.54) is 0 Å². The first-order valence-electron chi connectivity index (χ1n) is 3.75. The molecule has 0 saturated carbocycles. The molecule has 0 amide bonds.